The Bertz CT molecular complexity index is 838. The minimum Gasteiger partial charge on any atom is -0.267 e. The molecular formula is C19H16N2O. The zero-order valence-corrected chi connectivity index (χ0v) is 12.3. The molecule has 0 spiro atoms. The van der Waals surface area contributed by atoms with Crippen molar-refractivity contribution in [2.45, 2.75) is 6.92 Å². The lowest BCUT2D eigenvalue weighted by Gasteiger charge is -2.04. The molecule has 108 valence electrons. The predicted octanol–water partition coefficient (Wildman–Crippen LogP) is 3.99. The molecular weight excluding hydrogens is 272 g/mol. The number of hydrogen-bond acceptors (Lipinski definition) is 2. The van der Waals surface area contributed by atoms with E-state index in [0.29, 0.717) is 5.56 Å². The second kappa shape index (κ2) is 6.22. The topological polar surface area (TPSA) is 41.5 Å². The molecule has 0 bridgehead atoms. The summed E-state index contributed by atoms with van der Waals surface area (Å²) in [7, 11) is 0. The van der Waals surface area contributed by atoms with E-state index in [0.717, 1.165) is 22.0 Å². The Kier molecular flexibility index (Phi) is 3.97. The van der Waals surface area contributed by atoms with Gasteiger partial charge in [0.25, 0.3) is 5.91 Å². The molecule has 3 aromatic rings. The van der Waals surface area contributed by atoms with Gasteiger partial charge in [0.15, 0.2) is 0 Å². The first-order valence-corrected chi connectivity index (χ1v) is 7.13. The summed E-state index contributed by atoms with van der Waals surface area (Å²) in [4.78, 5) is 12.2. The molecule has 22 heavy (non-hydrogen) atoms. The van der Waals surface area contributed by atoms with Gasteiger partial charge in [-0.1, -0.05) is 60.7 Å². The van der Waals surface area contributed by atoms with Crippen molar-refractivity contribution in [1.29, 1.82) is 0 Å². The fourth-order valence-electron chi connectivity index (χ4n) is 2.27. The molecule has 0 aliphatic heterocycles. The van der Waals surface area contributed by atoms with Gasteiger partial charge in [-0.2, -0.15) is 5.10 Å². The molecule has 0 saturated heterocycles. The molecule has 3 nitrogen and oxygen atoms in total. The normalized spacial score (nSPS) is 11.4. The van der Waals surface area contributed by atoms with E-state index in [4.69, 9.17) is 0 Å². The van der Waals surface area contributed by atoms with Crippen molar-refractivity contribution in [3.63, 3.8) is 0 Å². The van der Waals surface area contributed by atoms with E-state index in [1.54, 1.807) is 0 Å². The van der Waals surface area contributed by atoms with E-state index in [9.17, 15) is 4.79 Å². The fourth-order valence-corrected chi connectivity index (χ4v) is 2.27. The van der Waals surface area contributed by atoms with Crippen LogP contribution >= 0.6 is 0 Å². The highest BCUT2D eigenvalue weighted by Gasteiger charge is 2.05. The monoisotopic (exact) mass is 288 g/mol. The average Bonchev–Trinajstić information content (AvgIpc) is 2.59. The predicted molar refractivity (Wildman–Crippen MR) is 90.1 cm³/mol. The number of rotatable bonds is 3. The maximum absolute atomic E-state index is 12.2. The van der Waals surface area contributed by atoms with Crippen molar-refractivity contribution in [1.82, 2.24) is 5.43 Å². The van der Waals surface area contributed by atoms with E-state index in [1.807, 2.05) is 79.7 Å². The van der Waals surface area contributed by atoms with E-state index < -0.39 is 0 Å². The van der Waals surface area contributed by atoms with Gasteiger partial charge in [0, 0.05) is 5.56 Å². The molecule has 0 fully saturated rings. The minimum absolute atomic E-state index is 0.207. The van der Waals surface area contributed by atoms with Crippen LogP contribution in [0.25, 0.3) is 10.8 Å². The number of fused-ring (bicyclic) bond motifs is 1. The van der Waals surface area contributed by atoms with Gasteiger partial charge in [-0.05, 0) is 35.4 Å². The van der Waals surface area contributed by atoms with E-state index in [-0.39, 0.29) is 5.91 Å². The molecule has 0 heterocycles. The van der Waals surface area contributed by atoms with Gasteiger partial charge in [-0.25, -0.2) is 5.43 Å². The number of amides is 1. The highest BCUT2D eigenvalue weighted by Crippen LogP contribution is 2.15. The second-order valence-corrected chi connectivity index (χ2v) is 5.07. The fraction of sp³-hybridized carbons (Fsp3) is 0.0526. The zero-order valence-electron chi connectivity index (χ0n) is 12.3. The summed E-state index contributed by atoms with van der Waals surface area (Å²) < 4.78 is 0. The van der Waals surface area contributed by atoms with Crippen molar-refractivity contribution in [2.24, 2.45) is 5.10 Å². The van der Waals surface area contributed by atoms with Crippen molar-refractivity contribution >= 4 is 22.4 Å². The minimum atomic E-state index is -0.207. The molecule has 3 rings (SSSR count). The molecule has 0 saturated carbocycles. The third kappa shape index (κ3) is 3.04. The lowest BCUT2D eigenvalue weighted by atomic mass is 10.1. The van der Waals surface area contributed by atoms with Gasteiger partial charge >= 0.3 is 0 Å². The summed E-state index contributed by atoms with van der Waals surface area (Å²) in [5.41, 5.74) is 4.97. The maximum Gasteiger partial charge on any atom is 0.271 e. The summed E-state index contributed by atoms with van der Waals surface area (Å²) in [6, 6.07) is 23.3. The molecule has 1 N–H and O–H groups in total. The molecule has 3 aromatic carbocycles. The highest BCUT2D eigenvalue weighted by molar-refractivity contribution is 6.02. The van der Waals surface area contributed by atoms with Crippen LogP contribution in [0.15, 0.2) is 77.9 Å². The lowest BCUT2D eigenvalue weighted by Crippen LogP contribution is -2.19. The van der Waals surface area contributed by atoms with Crippen molar-refractivity contribution in [3.05, 3.63) is 83.9 Å². The Balaban J connectivity index is 1.78. The SMILES string of the molecule is C/C(=N/NC(=O)c1ccc2ccccc2c1)c1ccccc1. The first kappa shape index (κ1) is 14.0. The average molecular weight is 288 g/mol. The number of carbonyl (C=O) groups excluding carboxylic acids is 1. The van der Waals surface area contributed by atoms with Crippen LogP contribution < -0.4 is 5.43 Å². The van der Waals surface area contributed by atoms with Crippen LogP contribution in [-0.4, -0.2) is 11.6 Å². The van der Waals surface area contributed by atoms with Crippen molar-refractivity contribution in [2.75, 3.05) is 0 Å². The Morgan fingerprint density at radius 1 is 0.818 bits per heavy atom. The molecule has 0 unspecified atom stereocenters. The van der Waals surface area contributed by atoms with Crippen LogP contribution in [0.2, 0.25) is 0 Å². The third-order valence-electron chi connectivity index (χ3n) is 3.53. The Labute approximate surface area is 129 Å². The van der Waals surface area contributed by atoms with Gasteiger partial charge < -0.3 is 0 Å². The highest BCUT2D eigenvalue weighted by atomic mass is 16.2. The van der Waals surface area contributed by atoms with Crippen molar-refractivity contribution < 1.29 is 4.79 Å². The number of carbonyl (C=O) groups is 1. The Hall–Kier alpha value is -2.94. The first-order valence-electron chi connectivity index (χ1n) is 7.13. The summed E-state index contributed by atoms with van der Waals surface area (Å²) >= 11 is 0. The number of hydrogen-bond donors (Lipinski definition) is 1. The van der Waals surface area contributed by atoms with Crippen LogP contribution in [0.1, 0.15) is 22.8 Å². The van der Waals surface area contributed by atoms with Gasteiger partial charge in [0.05, 0.1) is 5.71 Å². The molecule has 0 aliphatic rings. The number of nitrogens with one attached hydrogen (secondary N) is 1. The van der Waals surface area contributed by atoms with E-state index in [1.165, 1.54) is 0 Å². The smallest absolute Gasteiger partial charge is 0.267 e. The third-order valence-corrected chi connectivity index (χ3v) is 3.53. The number of nitrogens with zero attached hydrogens (tertiary/aromatic N) is 1. The van der Waals surface area contributed by atoms with E-state index >= 15 is 0 Å². The van der Waals surface area contributed by atoms with Gasteiger partial charge in [-0.3, -0.25) is 4.79 Å². The quantitative estimate of drug-likeness (QED) is 0.574. The van der Waals surface area contributed by atoms with Crippen LogP contribution in [0.5, 0.6) is 0 Å². The standard InChI is InChI=1S/C19H16N2O/c1-14(15-7-3-2-4-8-15)20-21-19(22)18-12-11-16-9-5-6-10-17(16)13-18/h2-13H,1H3,(H,21,22)/b20-14-. The lowest BCUT2D eigenvalue weighted by molar-refractivity contribution is 0.0955. The summed E-state index contributed by atoms with van der Waals surface area (Å²) in [6.07, 6.45) is 0. The van der Waals surface area contributed by atoms with Gasteiger partial charge in [0.2, 0.25) is 0 Å². The summed E-state index contributed by atoms with van der Waals surface area (Å²) in [5.74, 6) is -0.207. The molecule has 0 aromatic heterocycles. The van der Waals surface area contributed by atoms with Gasteiger partial charge in [-0.15, -0.1) is 0 Å². The second-order valence-electron chi connectivity index (χ2n) is 5.07. The summed E-state index contributed by atoms with van der Waals surface area (Å²) in [6.45, 7) is 1.87. The molecule has 0 aliphatic carbocycles. The Morgan fingerprint density at radius 3 is 2.27 bits per heavy atom. The van der Waals surface area contributed by atoms with Crippen molar-refractivity contribution in [3.8, 4) is 0 Å². The molecule has 3 heteroatoms. The molecule has 0 atom stereocenters. The van der Waals surface area contributed by atoms with Crippen LogP contribution in [0, 0.1) is 0 Å². The van der Waals surface area contributed by atoms with Crippen LogP contribution in [0.3, 0.4) is 0 Å². The maximum atomic E-state index is 12.2. The summed E-state index contributed by atoms with van der Waals surface area (Å²) in [5, 5.41) is 6.32. The van der Waals surface area contributed by atoms with Crippen LogP contribution in [0.4, 0.5) is 0 Å². The zero-order chi connectivity index (χ0) is 15.4. The largest absolute Gasteiger partial charge is 0.271 e. The molecule has 1 amide bonds. The number of hydrazone groups is 1. The van der Waals surface area contributed by atoms with Crippen LogP contribution in [-0.2, 0) is 0 Å². The Morgan fingerprint density at radius 2 is 1.50 bits per heavy atom. The molecule has 0 radical (unpaired) electrons. The first-order chi connectivity index (χ1) is 10.7. The number of benzene rings is 3. The van der Waals surface area contributed by atoms with Gasteiger partial charge in [0.1, 0.15) is 0 Å². The van der Waals surface area contributed by atoms with E-state index in [2.05, 4.69) is 10.5 Å².